The Morgan fingerprint density at radius 1 is 1.44 bits per heavy atom. The van der Waals surface area contributed by atoms with Crippen molar-refractivity contribution in [3.05, 3.63) is 22.0 Å². The second-order valence-corrected chi connectivity index (χ2v) is 2.62. The highest BCUT2D eigenvalue weighted by Gasteiger charge is 2.33. The molecule has 0 bridgehead atoms. The number of nitrogens with one attached hydrogen (secondary N) is 1. The van der Waals surface area contributed by atoms with Crippen molar-refractivity contribution in [2.45, 2.75) is 6.36 Å². The Morgan fingerprint density at radius 3 is 2.50 bits per heavy atom. The van der Waals surface area contributed by atoms with E-state index < -0.39 is 23.4 Å². The number of aldehydes is 1. The van der Waals surface area contributed by atoms with Gasteiger partial charge in [-0.3, -0.25) is 9.59 Å². The smallest absolute Gasteiger partial charge is 0.488 e. The van der Waals surface area contributed by atoms with E-state index in [0.717, 1.165) is 13.2 Å². The number of H-pyrrole nitrogens is 1. The fraction of sp³-hybridized carbons (Fsp3) is 0.250. The van der Waals surface area contributed by atoms with Crippen LogP contribution in [0.5, 0.6) is 11.6 Å². The number of rotatable bonds is 3. The third-order valence-corrected chi connectivity index (χ3v) is 1.52. The van der Waals surface area contributed by atoms with E-state index >= 15 is 0 Å². The average molecular weight is 237 g/mol. The minimum absolute atomic E-state index is 0.185. The van der Waals surface area contributed by atoms with Crippen LogP contribution in [0.4, 0.5) is 13.2 Å². The zero-order valence-electron chi connectivity index (χ0n) is 7.92. The Morgan fingerprint density at radius 2 is 2.06 bits per heavy atom. The molecule has 1 aromatic rings. The summed E-state index contributed by atoms with van der Waals surface area (Å²) in [5.41, 5.74) is -1.23. The second kappa shape index (κ2) is 4.25. The summed E-state index contributed by atoms with van der Waals surface area (Å²) in [5.74, 6) is -1.60. The number of methoxy groups -OCH3 is 1. The van der Waals surface area contributed by atoms with Crippen LogP contribution in [0.25, 0.3) is 0 Å². The van der Waals surface area contributed by atoms with Crippen LogP contribution in [0, 0.1) is 0 Å². The molecule has 0 aliphatic rings. The van der Waals surface area contributed by atoms with Gasteiger partial charge in [0.05, 0.1) is 12.8 Å². The SMILES string of the molecule is COc1c(OC(F)(F)F)[nH]c(C=O)cc1=O. The van der Waals surface area contributed by atoms with Gasteiger partial charge in [-0.25, -0.2) is 0 Å². The Bertz CT molecular complexity index is 452. The number of aromatic amines is 1. The first-order chi connectivity index (χ1) is 7.37. The van der Waals surface area contributed by atoms with Gasteiger partial charge in [0.1, 0.15) is 0 Å². The van der Waals surface area contributed by atoms with Gasteiger partial charge in [-0.1, -0.05) is 0 Å². The normalized spacial score (nSPS) is 11.0. The van der Waals surface area contributed by atoms with E-state index in [1.165, 1.54) is 0 Å². The molecule has 0 atom stereocenters. The second-order valence-electron chi connectivity index (χ2n) is 2.62. The summed E-state index contributed by atoms with van der Waals surface area (Å²) in [4.78, 5) is 23.5. The van der Waals surface area contributed by atoms with Crippen LogP contribution in [0.3, 0.4) is 0 Å². The topological polar surface area (TPSA) is 68.4 Å². The number of pyridine rings is 1. The van der Waals surface area contributed by atoms with Crippen LogP contribution in [0.15, 0.2) is 10.9 Å². The summed E-state index contributed by atoms with van der Waals surface area (Å²) in [5, 5.41) is 0. The third-order valence-electron chi connectivity index (χ3n) is 1.52. The summed E-state index contributed by atoms with van der Waals surface area (Å²) in [6.07, 6.45) is -4.80. The molecule has 1 N–H and O–H groups in total. The van der Waals surface area contributed by atoms with E-state index in [-0.39, 0.29) is 12.0 Å². The Labute approximate surface area is 86.8 Å². The zero-order valence-corrected chi connectivity index (χ0v) is 7.92. The lowest BCUT2D eigenvalue weighted by atomic mass is 10.3. The van der Waals surface area contributed by atoms with Crippen LogP contribution in [0.1, 0.15) is 10.5 Å². The first-order valence-electron chi connectivity index (χ1n) is 3.89. The fourth-order valence-electron chi connectivity index (χ4n) is 0.987. The molecular weight excluding hydrogens is 231 g/mol. The van der Waals surface area contributed by atoms with Gasteiger partial charge in [-0.05, 0) is 0 Å². The van der Waals surface area contributed by atoms with E-state index in [1.807, 2.05) is 4.98 Å². The van der Waals surface area contributed by atoms with Crippen molar-refractivity contribution < 1.29 is 27.4 Å². The third kappa shape index (κ3) is 2.75. The predicted octanol–water partition coefficient (Wildman–Crippen LogP) is 1.09. The van der Waals surface area contributed by atoms with Crippen LogP contribution < -0.4 is 14.9 Å². The van der Waals surface area contributed by atoms with Crippen LogP contribution in [-0.4, -0.2) is 24.7 Å². The highest BCUT2D eigenvalue weighted by atomic mass is 19.4. The number of ether oxygens (including phenoxy) is 2. The molecule has 0 unspecified atom stereocenters. The first kappa shape index (κ1) is 12.1. The highest BCUT2D eigenvalue weighted by molar-refractivity contribution is 5.72. The summed E-state index contributed by atoms with van der Waals surface area (Å²) < 4.78 is 43.8. The average Bonchev–Trinajstić information content (AvgIpc) is 2.14. The molecule has 0 fully saturated rings. The molecule has 5 nitrogen and oxygen atoms in total. The number of carbonyl (C=O) groups excluding carboxylic acids is 1. The number of carbonyl (C=O) groups is 1. The summed E-state index contributed by atoms with van der Waals surface area (Å²) in [6, 6.07) is 0.801. The lowest BCUT2D eigenvalue weighted by Gasteiger charge is -2.11. The monoisotopic (exact) mass is 237 g/mol. The molecule has 8 heteroatoms. The Balaban J connectivity index is 3.29. The van der Waals surface area contributed by atoms with E-state index in [0.29, 0.717) is 0 Å². The maximum Gasteiger partial charge on any atom is 0.574 e. The zero-order chi connectivity index (χ0) is 12.3. The fourth-order valence-corrected chi connectivity index (χ4v) is 0.987. The van der Waals surface area contributed by atoms with Gasteiger partial charge in [0.25, 0.3) is 0 Å². The molecule has 0 aliphatic heterocycles. The molecule has 0 aliphatic carbocycles. The number of halogens is 3. The number of hydrogen-bond donors (Lipinski definition) is 1. The Kier molecular flexibility index (Phi) is 3.21. The molecule has 0 aromatic carbocycles. The molecule has 1 aromatic heterocycles. The molecule has 16 heavy (non-hydrogen) atoms. The largest absolute Gasteiger partial charge is 0.574 e. The lowest BCUT2D eigenvalue weighted by Crippen LogP contribution is -2.21. The lowest BCUT2D eigenvalue weighted by molar-refractivity contribution is -0.276. The van der Waals surface area contributed by atoms with E-state index in [4.69, 9.17) is 0 Å². The van der Waals surface area contributed by atoms with Crippen LogP contribution >= 0.6 is 0 Å². The van der Waals surface area contributed by atoms with Crippen molar-refractivity contribution in [3.63, 3.8) is 0 Å². The van der Waals surface area contributed by atoms with Crippen molar-refractivity contribution in [2.24, 2.45) is 0 Å². The molecule has 0 radical (unpaired) electrons. The highest BCUT2D eigenvalue weighted by Crippen LogP contribution is 2.26. The molecule has 1 rings (SSSR count). The van der Waals surface area contributed by atoms with Crippen molar-refractivity contribution in [1.82, 2.24) is 4.98 Å². The van der Waals surface area contributed by atoms with Gasteiger partial charge < -0.3 is 14.5 Å². The molecule has 88 valence electrons. The van der Waals surface area contributed by atoms with Crippen molar-refractivity contribution in [3.8, 4) is 11.6 Å². The summed E-state index contributed by atoms with van der Waals surface area (Å²) >= 11 is 0. The molecule has 0 saturated heterocycles. The van der Waals surface area contributed by atoms with E-state index in [2.05, 4.69) is 9.47 Å². The van der Waals surface area contributed by atoms with Gasteiger partial charge in [0, 0.05) is 6.07 Å². The van der Waals surface area contributed by atoms with E-state index in [1.54, 1.807) is 0 Å². The molecule has 0 amide bonds. The number of alkyl halides is 3. The summed E-state index contributed by atoms with van der Waals surface area (Å²) in [6.45, 7) is 0. The van der Waals surface area contributed by atoms with Gasteiger partial charge in [0.2, 0.25) is 17.1 Å². The number of hydrogen-bond acceptors (Lipinski definition) is 4. The van der Waals surface area contributed by atoms with Crippen molar-refractivity contribution in [2.75, 3.05) is 7.11 Å². The van der Waals surface area contributed by atoms with E-state index in [9.17, 15) is 22.8 Å². The molecule has 0 saturated carbocycles. The molecular formula is C8H6F3NO4. The first-order valence-corrected chi connectivity index (χ1v) is 3.89. The van der Waals surface area contributed by atoms with Crippen molar-refractivity contribution >= 4 is 6.29 Å². The van der Waals surface area contributed by atoms with Crippen molar-refractivity contribution in [1.29, 1.82) is 0 Å². The number of aromatic nitrogens is 1. The standard InChI is InChI=1S/C8H6F3NO4/c1-15-6-5(14)2-4(3-13)12-7(6)16-8(9,10)11/h2-3H,1H3,(H,12,14). The van der Waals surface area contributed by atoms with Gasteiger partial charge in [-0.2, -0.15) is 0 Å². The molecule has 0 spiro atoms. The van der Waals surface area contributed by atoms with Gasteiger partial charge in [-0.15, -0.1) is 13.2 Å². The van der Waals surface area contributed by atoms with Crippen LogP contribution in [0.2, 0.25) is 0 Å². The van der Waals surface area contributed by atoms with Gasteiger partial charge in [0.15, 0.2) is 6.29 Å². The minimum Gasteiger partial charge on any atom is -0.488 e. The minimum atomic E-state index is -4.99. The summed E-state index contributed by atoms with van der Waals surface area (Å²) in [7, 11) is 1.01. The predicted molar refractivity (Wildman–Crippen MR) is 45.7 cm³/mol. The maximum atomic E-state index is 11.9. The Hall–Kier alpha value is -1.99. The molecule has 1 heterocycles. The maximum absolute atomic E-state index is 11.9. The quantitative estimate of drug-likeness (QED) is 0.799. The van der Waals surface area contributed by atoms with Gasteiger partial charge >= 0.3 is 6.36 Å². The van der Waals surface area contributed by atoms with Crippen LogP contribution in [-0.2, 0) is 0 Å².